The van der Waals surface area contributed by atoms with Gasteiger partial charge in [-0.1, -0.05) is 23.2 Å². The summed E-state index contributed by atoms with van der Waals surface area (Å²) >= 11 is 11.9. The molecule has 0 aliphatic carbocycles. The predicted octanol–water partition coefficient (Wildman–Crippen LogP) is 5.00. The number of hydrogen-bond acceptors (Lipinski definition) is 3. The van der Waals surface area contributed by atoms with Crippen LogP contribution in [-0.4, -0.2) is 11.0 Å². The van der Waals surface area contributed by atoms with Gasteiger partial charge in [-0.05, 0) is 54.6 Å². The van der Waals surface area contributed by atoms with Crippen molar-refractivity contribution in [2.75, 3.05) is 5.32 Å². The Hall–Kier alpha value is -2.27. The van der Waals surface area contributed by atoms with E-state index in [1.165, 1.54) is 6.07 Å². The van der Waals surface area contributed by atoms with Crippen LogP contribution in [0.3, 0.4) is 0 Å². The smallest absolute Gasteiger partial charge is 0.257 e. The molecule has 4 nitrogen and oxygen atoms in total. The molecular weight excluding hydrogens is 349 g/mol. The molecule has 0 saturated heterocycles. The van der Waals surface area contributed by atoms with Gasteiger partial charge in [0.15, 0.2) is 0 Å². The molecule has 0 atom stereocenters. The van der Waals surface area contributed by atoms with Gasteiger partial charge in [-0.3, -0.25) is 4.79 Å². The lowest BCUT2D eigenvalue weighted by Crippen LogP contribution is -2.12. The zero-order valence-corrected chi connectivity index (χ0v) is 13.9. The highest BCUT2D eigenvalue weighted by Crippen LogP contribution is 2.25. The Kier molecular flexibility index (Phi) is 4.90. The largest absolute Gasteiger partial charge is 0.459 e. The predicted molar refractivity (Wildman–Crippen MR) is 94.5 cm³/mol. The van der Waals surface area contributed by atoms with Crippen molar-refractivity contribution in [3.05, 3.63) is 76.0 Å². The van der Waals surface area contributed by atoms with Gasteiger partial charge in [-0.25, -0.2) is 0 Å². The molecule has 0 aliphatic heterocycles. The SMILES string of the molecule is O=C(Nc1ccc(-c2ccc(CO)o2)cc1)c1ccc(Cl)cc1Cl. The average molecular weight is 362 g/mol. The zero-order chi connectivity index (χ0) is 17.1. The van der Waals surface area contributed by atoms with Crippen LogP contribution in [0.4, 0.5) is 5.69 Å². The van der Waals surface area contributed by atoms with Gasteiger partial charge < -0.3 is 14.8 Å². The summed E-state index contributed by atoms with van der Waals surface area (Å²) in [6, 6.07) is 15.4. The second kappa shape index (κ2) is 7.09. The van der Waals surface area contributed by atoms with Crippen molar-refractivity contribution in [3.63, 3.8) is 0 Å². The third kappa shape index (κ3) is 3.62. The van der Waals surface area contributed by atoms with Crippen LogP contribution < -0.4 is 5.32 Å². The van der Waals surface area contributed by atoms with E-state index in [4.69, 9.17) is 32.7 Å². The quantitative estimate of drug-likeness (QED) is 0.687. The van der Waals surface area contributed by atoms with E-state index in [0.29, 0.717) is 32.8 Å². The maximum Gasteiger partial charge on any atom is 0.257 e. The molecule has 122 valence electrons. The van der Waals surface area contributed by atoms with Crippen molar-refractivity contribution in [3.8, 4) is 11.3 Å². The number of rotatable bonds is 4. The summed E-state index contributed by atoms with van der Waals surface area (Å²) in [6.45, 7) is -0.143. The molecule has 0 spiro atoms. The molecule has 0 fully saturated rings. The van der Waals surface area contributed by atoms with Crippen LogP contribution >= 0.6 is 23.2 Å². The number of aliphatic hydroxyl groups excluding tert-OH is 1. The van der Waals surface area contributed by atoms with Crippen LogP contribution in [-0.2, 0) is 6.61 Å². The number of amides is 1. The summed E-state index contributed by atoms with van der Waals surface area (Å²) in [5.41, 5.74) is 1.82. The number of carbonyl (C=O) groups is 1. The van der Waals surface area contributed by atoms with Gasteiger partial charge in [0, 0.05) is 16.3 Å². The minimum absolute atomic E-state index is 0.143. The van der Waals surface area contributed by atoms with Gasteiger partial charge in [-0.15, -0.1) is 0 Å². The first kappa shape index (κ1) is 16.6. The fraction of sp³-hybridized carbons (Fsp3) is 0.0556. The third-order valence-electron chi connectivity index (χ3n) is 3.42. The molecule has 24 heavy (non-hydrogen) atoms. The molecule has 3 aromatic rings. The van der Waals surface area contributed by atoms with E-state index >= 15 is 0 Å². The number of halogens is 2. The van der Waals surface area contributed by atoms with Crippen LogP contribution in [0.5, 0.6) is 0 Å². The van der Waals surface area contributed by atoms with Crippen molar-refractivity contribution < 1.29 is 14.3 Å². The Morgan fingerprint density at radius 1 is 1.04 bits per heavy atom. The lowest BCUT2D eigenvalue weighted by atomic mass is 10.1. The minimum atomic E-state index is -0.315. The van der Waals surface area contributed by atoms with Gasteiger partial charge in [0.2, 0.25) is 0 Å². The van der Waals surface area contributed by atoms with Gasteiger partial charge in [0.25, 0.3) is 5.91 Å². The summed E-state index contributed by atoms with van der Waals surface area (Å²) in [7, 11) is 0. The Balaban J connectivity index is 1.75. The number of furan rings is 1. The normalized spacial score (nSPS) is 10.6. The van der Waals surface area contributed by atoms with E-state index in [1.807, 2.05) is 12.1 Å². The first-order valence-electron chi connectivity index (χ1n) is 7.13. The fourth-order valence-electron chi connectivity index (χ4n) is 2.21. The molecule has 2 N–H and O–H groups in total. The Labute approximate surface area is 148 Å². The average Bonchev–Trinajstić information content (AvgIpc) is 3.04. The molecule has 1 heterocycles. The highest BCUT2D eigenvalue weighted by Gasteiger charge is 2.11. The summed E-state index contributed by atoms with van der Waals surface area (Å²) in [5, 5.41) is 12.6. The number of hydrogen-bond donors (Lipinski definition) is 2. The summed E-state index contributed by atoms with van der Waals surface area (Å²) in [5.74, 6) is 0.836. The topological polar surface area (TPSA) is 62.5 Å². The van der Waals surface area contributed by atoms with Crippen LogP contribution in [0.15, 0.2) is 59.0 Å². The Morgan fingerprint density at radius 2 is 1.79 bits per heavy atom. The molecule has 1 aromatic heterocycles. The first-order chi connectivity index (χ1) is 11.6. The van der Waals surface area contributed by atoms with Crippen molar-refractivity contribution in [1.82, 2.24) is 0 Å². The van der Waals surface area contributed by atoms with E-state index in [0.717, 1.165) is 5.56 Å². The van der Waals surface area contributed by atoms with E-state index in [-0.39, 0.29) is 12.5 Å². The summed E-state index contributed by atoms with van der Waals surface area (Å²) < 4.78 is 5.47. The molecule has 0 radical (unpaired) electrons. The molecule has 0 bridgehead atoms. The van der Waals surface area contributed by atoms with Crippen LogP contribution in [0.1, 0.15) is 16.1 Å². The second-order valence-corrected chi connectivity index (χ2v) is 5.92. The monoisotopic (exact) mass is 361 g/mol. The van der Waals surface area contributed by atoms with Crippen molar-refractivity contribution in [2.24, 2.45) is 0 Å². The van der Waals surface area contributed by atoms with Crippen molar-refractivity contribution in [1.29, 1.82) is 0 Å². The second-order valence-electron chi connectivity index (χ2n) is 5.08. The number of anilines is 1. The maximum atomic E-state index is 12.3. The molecule has 6 heteroatoms. The Morgan fingerprint density at radius 3 is 2.42 bits per heavy atom. The summed E-state index contributed by atoms with van der Waals surface area (Å²) in [4.78, 5) is 12.3. The lowest BCUT2D eigenvalue weighted by Gasteiger charge is -2.07. The van der Waals surface area contributed by atoms with E-state index in [1.54, 1.807) is 36.4 Å². The number of carbonyl (C=O) groups excluding carboxylic acids is 1. The fourth-order valence-corrected chi connectivity index (χ4v) is 2.70. The molecular formula is C18H13Cl2NO3. The van der Waals surface area contributed by atoms with Gasteiger partial charge >= 0.3 is 0 Å². The first-order valence-corrected chi connectivity index (χ1v) is 7.89. The van der Waals surface area contributed by atoms with Crippen molar-refractivity contribution in [2.45, 2.75) is 6.61 Å². The summed E-state index contributed by atoms with van der Waals surface area (Å²) in [6.07, 6.45) is 0. The maximum absolute atomic E-state index is 12.3. The van der Waals surface area contributed by atoms with Crippen LogP contribution in [0, 0.1) is 0 Å². The lowest BCUT2D eigenvalue weighted by molar-refractivity contribution is 0.102. The highest BCUT2D eigenvalue weighted by molar-refractivity contribution is 6.37. The van der Waals surface area contributed by atoms with E-state index in [9.17, 15) is 4.79 Å². The number of benzene rings is 2. The molecule has 0 saturated carbocycles. The van der Waals surface area contributed by atoms with Gasteiger partial charge in [0.1, 0.15) is 18.1 Å². The number of aliphatic hydroxyl groups is 1. The van der Waals surface area contributed by atoms with Gasteiger partial charge in [0.05, 0.1) is 10.6 Å². The molecule has 0 unspecified atom stereocenters. The third-order valence-corrected chi connectivity index (χ3v) is 3.97. The van der Waals surface area contributed by atoms with Crippen molar-refractivity contribution >= 4 is 34.8 Å². The van der Waals surface area contributed by atoms with E-state index in [2.05, 4.69) is 5.32 Å². The van der Waals surface area contributed by atoms with Gasteiger partial charge in [-0.2, -0.15) is 0 Å². The van der Waals surface area contributed by atoms with Crippen LogP contribution in [0.2, 0.25) is 10.0 Å². The Bertz CT molecular complexity index is 872. The molecule has 2 aromatic carbocycles. The highest BCUT2D eigenvalue weighted by atomic mass is 35.5. The minimum Gasteiger partial charge on any atom is -0.459 e. The molecule has 1 amide bonds. The number of nitrogens with one attached hydrogen (secondary N) is 1. The molecule has 3 rings (SSSR count). The zero-order valence-electron chi connectivity index (χ0n) is 12.4. The van der Waals surface area contributed by atoms with Crippen LogP contribution in [0.25, 0.3) is 11.3 Å². The molecule has 0 aliphatic rings. The van der Waals surface area contributed by atoms with E-state index < -0.39 is 0 Å². The standard InChI is InChI=1S/C18H13Cl2NO3/c19-12-3-7-15(16(20)9-12)18(23)21-13-4-1-11(2-5-13)17-8-6-14(10-22)24-17/h1-9,22H,10H2,(H,21,23).